The molecule has 0 amide bonds. The molecular weight excluding hydrogens is 266 g/mol. The summed E-state index contributed by atoms with van der Waals surface area (Å²) < 4.78 is 0. The average molecular weight is 293 g/mol. The Morgan fingerprint density at radius 3 is 2.70 bits per heavy atom. The minimum atomic E-state index is 0.169. The summed E-state index contributed by atoms with van der Waals surface area (Å²) in [4.78, 5) is 7.44. The zero-order valence-electron chi connectivity index (χ0n) is 13.1. The summed E-state index contributed by atoms with van der Waals surface area (Å²) in [6, 6.07) is 1.32. The number of rotatable bonds is 4. The molecule has 2 aliphatic rings. The molecule has 2 fully saturated rings. The van der Waals surface area contributed by atoms with Crippen LogP contribution in [0.2, 0.25) is 0 Å². The van der Waals surface area contributed by atoms with Crippen LogP contribution in [0.4, 0.5) is 0 Å². The molecule has 3 nitrogen and oxygen atoms in total. The molecule has 4 heteroatoms. The summed E-state index contributed by atoms with van der Waals surface area (Å²) in [7, 11) is 2.25. The summed E-state index contributed by atoms with van der Waals surface area (Å²) in [6.45, 7) is 9.10. The van der Waals surface area contributed by atoms with Crippen LogP contribution in [0.25, 0.3) is 0 Å². The maximum Gasteiger partial charge on any atom is 0.0982 e. The van der Waals surface area contributed by atoms with E-state index in [1.807, 2.05) is 11.3 Å². The van der Waals surface area contributed by atoms with Crippen molar-refractivity contribution in [3.63, 3.8) is 0 Å². The van der Waals surface area contributed by atoms with E-state index in [1.165, 1.54) is 36.5 Å². The average Bonchev–Trinajstić information content (AvgIpc) is 2.92. The highest BCUT2D eigenvalue weighted by Gasteiger charge is 2.36. The van der Waals surface area contributed by atoms with E-state index in [1.54, 1.807) is 0 Å². The molecule has 20 heavy (non-hydrogen) atoms. The van der Waals surface area contributed by atoms with Gasteiger partial charge >= 0.3 is 0 Å². The lowest BCUT2D eigenvalue weighted by atomic mass is 9.96. The fourth-order valence-electron chi connectivity index (χ4n) is 3.08. The first-order valence-electron chi connectivity index (χ1n) is 7.84. The second-order valence-corrected chi connectivity index (χ2v) is 8.34. The summed E-state index contributed by atoms with van der Waals surface area (Å²) in [6.07, 6.45) is 4.04. The number of thiazole rings is 1. The molecule has 0 bridgehead atoms. The quantitative estimate of drug-likeness (QED) is 0.924. The SMILES string of the molecule is CN1CCC(CNC2CC2)C1c1csc(C(C)(C)C)n1. The van der Waals surface area contributed by atoms with Crippen LogP contribution >= 0.6 is 11.3 Å². The molecule has 1 saturated carbocycles. The highest BCUT2D eigenvalue weighted by Crippen LogP contribution is 2.38. The first kappa shape index (κ1) is 14.5. The van der Waals surface area contributed by atoms with Gasteiger partial charge in [-0.1, -0.05) is 20.8 Å². The molecular formula is C16H27N3S. The van der Waals surface area contributed by atoms with Gasteiger partial charge in [0.2, 0.25) is 0 Å². The Kier molecular flexibility index (Phi) is 3.91. The highest BCUT2D eigenvalue weighted by atomic mass is 32.1. The maximum atomic E-state index is 4.96. The van der Waals surface area contributed by atoms with E-state index >= 15 is 0 Å². The Labute approximate surface area is 126 Å². The Morgan fingerprint density at radius 1 is 1.35 bits per heavy atom. The third-order valence-corrected chi connectivity index (χ3v) is 5.77. The smallest absolute Gasteiger partial charge is 0.0982 e. The lowest BCUT2D eigenvalue weighted by Gasteiger charge is -2.24. The lowest BCUT2D eigenvalue weighted by Crippen LogP contribution is -2.30. The number of nitrogens with zero attached hydrogens (tertiary/aromatic N) is 2. The molecule has 3 rings (SSSR count). The Morgan fingerprint density at radius 2 is 2.10 bits per heavy atom. The molecule has 0 spiro atoms. The van der Waals surface area contributed by atoms with Gasteiger partial charge in [0.15, 0.2) is 0 Å². The summed E-state index contributed by atoms with van der Waals surface area (Å²) >= 11 is 1.83. The molecule has 2 heterocycles. The van der Waals surface area contributed by atoms with Crippen LogP contribution in [-0.4, -0.2) is 36.1 Å². The van der Waals surface area contributed by atoms with Gasteiger partial charge in [0.1, 0.15) is 0 Å². The zero-order chi connectivity index (χ0) is 14.3. The van der Waals surface area contributed by atoms with Crippen LogP contribution in [0.5, 0.6) is 0 Å². The number of aromatic nitrogens is 1. The van der Waals surface area contributed by atoms with E-state index in [2.05, 4.69) is 43.4 Å². The lowest BCUT2D eigenvalue weighted by molar-refractivity contribution is 0.266. The van der Waals surface area contributed by atoms with Crippen LogP contribution in [-0.2, 0) is 5.41 Å². The molecule has 1 N–H and O–H groups in total. The Balaban J connectivity index is 1.73. The van der Waals surface area contributed by atoms with Crippen LogP contribution < -0.4 is 5.32 Å². The van der Waals surface area contributed by atoms with E-state index in [0.717, 1.165) is 18.5 Å². The first-order valence-corrected chi connectivity index (χ1v) is 8.72. The van der Waals surface area contributed by atoms with Crippen molar-refractivity contribution < 1.29 is 0 Å². The molecule has 1 aliphatic carbocycles. The van der Waals surface area contributed by atoms with Crippen LogP contribution in [0, 0.1) is 5.92 Å². The molecule has 1 aromatic rings. The fourth-order valence-corrected chi connectivity index (χ4v) is 4.02. The molecule has 0 radical (unpaired) electrons. The monoisotopic (exact) mass is 293 g/mol. The van der Waals surface area contributed by atoms with Gasteiger partial charge in [0.25, 0.3) is 0 Å². The largest absolute Gasteiger partial charge is 0.314 e. The van der Waals surface area contributed by atoms with Gasteiger partial charge in [-0.15, -0.1) is 11.3 Å². The third kappa shape index (κ3) is 3.07. The van der Waals surface area contributed by atoms with E-state index in [4.69, 9.17) is 4.98 Å². The number of nitrogens with one attached hydrogen (secondary N) is 1. The number of hydrogen-bond acceptors (Lipinski definition) is 4. The van der Waals surface area contributed by atoms with Crippen molar-refractivity contribution in [2.75, 3.05) is 20.1 Å². The van der Waals surface area contributed by atoms with E-state index in [0.29, 0.717) is 6.04 Å². The zero-order valence-corrected chi connectivity index (χ0v) is 14.0. The summed E-state index contributed by atoms with van der Waals surface area (Å²) in [5, 5.41) is 7.26. The summed E-state index contributed by atoms with van der Waals surface area (Å²) in [5.41, 5.74) is 1.46. The number of likely N-dealkylation sites (tertiary alicyclic amines) is 1. The second-order valence-electron chi connectivity index (χ2n) is 7.48. The van der Waals surface area contributed by atoms with E-state index < -0.39 is 0 Å². The maximum absolute atomic E-state index is 4.96. The molecule has 1 saturated heterocycles. The standard InChI is InChI=1S/C16H27N3S/c1-16(2,3)15-18-13(10-20-15)14-11(7-8-19(14)4)9-17-12-5-6-12/h10-12,14,17H,5-9H2,1-4H3. The fraction of sp³-hybridized carbons (Fsp3) is 0.812. The van der Waals surface area contributed by atoms with Crippen molar-refractivity contribution in [2.45, 2.75) is 57.5 Å². The van der Waals surface area contributed by atoms with E-state index in [9.17, 15) is 0 Å². The predicted octanol–water partition coefficient (Wildman–Crippen LogP) is 3.19. The van der Waals surface area contributed by atoms with Crippen LogP contribution in [0.3, 0.4) is 0 Å². The van der Waals surface area contributed by atoms with Crippen molar-refractivity contribution in [1.29, 1.82) is 0 Å². The molecule has 1 aromatic heterocycles. The van der Waals surface area contributed by atoms with Gasteiger partial charge in [0, 0.05) is 23.4 Å². The first-order chi connectivity index (χ1) is 9.45. The van der Waals surface area contributed by atoms with Crippen molar-refractivity contribution in [3.8, 4) is 0 Å². The van der Waals surface area contributed by atoms with Gasteiger partial charge < -0.3 is 5.32 Å². The highest BCUT2D eigenvalue weighted by molar-refractivity contribution is 7.09. The Bertz CT molecular complexity index is 459. The molecule has 0 aromatic carbocycles. The third-order valence-electron chi connectivity index (χ3n) is 4.49. The minimum absolute atomic E-state index is 0.169. The molecule has 2 unspecified atom stereocenters. The summed E-state index contributed by atoms with van der Waals surface area (Å²) in [5.74, 6) is 0.718. The van der Waals surface area contributed by atoms with Crippen molar-refractivity contribution in [3.05, 3.63) is 16.1 Å². The van der Waals surface area contributed by atoms with Gasteiger partial charge in [-0.2, -0.15) is 0 Å². The van der Waals surface area contributed by atoms with E-state index in [-0.39, 0.29) is 5.41 Å². The minimum Gasteiger partial charge on any atom is -0.314 e. The number of hydrogen-bond donors (Lipinski definition) is 1. The van der Waals surface area contributed by atoms with Gasteiger partial charge in [0.05, 0.1) is 16.7 Å². The van der Waals surface area contributed by atoms with Gasteiger partial charge in [-0.3, -0.25) is 4.90 Å². The van der Waals surface area contributed by atoms with Crippen molar-refractivity contribution in [2.24, 2.45) is 5.92 Å². The second kappa shape index (κ2) is 5.39. The normalized spacial score (nSPS) is 28.2. The predicted molar refractivity (Wildman–Crippen MR) is 85.3 cm³/mol. The molecule has 1 aliphatic heterocycles. The van der Waals surface area contributed by atoms with Crippen molar-refractivity contribution in [1.82, 2.24) is 15.2 Å². The molecule has 112 valence electrons. The topological polar surface area (TPSA) is 28.2 Å². The molecule has 2 atom stereocenters. The van der Waals surface area contributed by atoms with Crippen molar-refractivity contribution >= 4 is 11.3 Å². The van der Waals surface area contributed by atoms with Crippen LogP contribution in [0.15, 0.2) is 5.38 Å². The van der Waals surface area contributed by atoms with Gasteiger partial charge in [-0.05, 0) is 38.8 Å². The van der Waals surface area contributed by atoms with Crippen LogP contribution in [0.1, 0.15) is 56.8 Å². The Hall–Kier alpha value is -0.450. The van der Waals surface area contributed by atoms with Gasteiger partial charge in [-0.25, -0.2) is 4.98 Å².